The first kappa shape index (κ1) is 22.6. The number of carboxylic acid groups (broad SMARTS) is 1. The van der Waals surface area contributed by atoms with Crippen molar-refractivity contribution in [2.24, 2.45) is 0 Å². The summed E-state index contributed by atoms with van der Waals surface area (Å²) in [7, 11) is 1.23. The van der Waals surface area contributed by atoms with Crippen molar-refractivity contribution >= 4 is 11.9 Å². The highest BCUT2D eigenvalue weighted by atomic mass is 16.5. The van der Waals surface area contributed by atoms with Gasteiger partial charge in [-0.1, -0.05) is 38.8 Å². The van der Waals surface area contributed by atoms with E-state index in [4.69, 9.17) is 5.11 Å². The summed E-state index contributed by atoms with van der Waals surface area (Å²) in [5, 5.41) is 8.05. The number of rotatable bonds is 7. The van der Waals surface area contributed by atoms with Crippen LogP contribution in [-0.2, 0) is 14.3 Å². The number of hydrogen-bond donors (Lipinski definition) is 1. The van der Waals surface area contributed by atoms with Gasteiger partial charge in [-0.2, -0.15) is 0 Å². The zero-order valence-electron chi connectivity index (χ0n) is 12.5. The summed E-state index contributed by atoms with van der Waals surface area (Å²) in [6.07, 6.45) is 8.41. The van der Waals surface area contributed by atoms with Crippen LogP contribution in [0.15, 0.2) is 25.3 Å². The van der Waals surface area contributed by atoms with Crippen LogP contribution in [0.2, 0.25) is 0 Å². The SMILES string of the molecule is C=CCCC.C=CCCC.COC(=O)CCC(=O)O. The number of carbonyl (C=O) groups excluding carboxylic acids is 1. The minimum atomic E-state index is -0.986. The van der Waals surface area contributed by atoms with Crippen molar-refractivity contribution in [2.45, 2.75) is 52.4 Å². The quantitative estimate of drug-likeness (QED) is 0.562. The summed E-state index contributed by atoms with van der Waals surface area (Å²) in [5.74, 6) is -1.47. The molecule has 0 heterocycles. The van der Waals surface area contributed by atoms with E-state index in [2.05, 4.69) is 31.7 Å². The van der Waals surface area contributed by atoms with Crippen molar-refractivity contribution in [3.63, 3.8) is 0 Å². The molecule has 0 aromatic rings. The molecule has 112 valence electrons. The molecule has 0 aliphatic heterocycles. The molecule has 4 nitrogen and oxygen atoms in total. The molecule has 0 saturated carbocycles. The highest BCUT2D eigenvalue weighted by molar-refractivity contribution is 5.76. The van der Waals surface area contributed by atoms with Gasteiger partial charge in [-0.05, 0) is 12.8 Å². The number of ether oxygens (including phenoxy) is 1. The first-order chi connectivity index (χ1) is 8.99. The maximum absolute atomic E-state index is 10.2. The van der Waals surface area contributed by atoms with E-state index in [0.717, 1.165) is 12.8 Å². The molecule has 0 radical (unpaired) electrons. The number of carbonyl (C=O) groups is 2. The monoisotopic (exact) mass is 272 g/mol. The predicted octanol–water partition coefficient (Wildman–Crippen LogP) is 3.97. The standard InChI is InChI=1S/C5H8O4.2C5H10/c1-9-5(8)3-2-4(6)7;2*1-3-5-4-2/h2-3H2,1H3,(H,6,7);2*3H,1,4-5H2,2H3. The first-order valence-electron chi connectivity index (χ1n) is 6.50. The lowest BCUT2D eigenvalue weighted by molar-refractivity contribution is -0.145. The maximum atomic E-state index is 10.2. The molecule has 0 bridgehead atoms. The zero-order chi connectivity index (χ0) is 15.5. The highest BCUT2D eigenvalue weighted by Crippen LogP contribution is 1.89. The molecule has 1 N–H and O–H groups in total. The molecule has 0 saturated heterocycles. The summed E-state index contributed by atoms with van der Waals surface area (Å²) in [4.78, 5) is 20.0. The molecule has 0 rings (SSSR count). The molecule has 0 aromatic carbocycles. The van der Waals surface area contributed by atoms with Gasteiger partial charge in [0.05, 0.1) is 20.0 Å². The number of unbranched alkanes of at least 4 members (excludes halogenated alkanes) is 2. The van der Waals surface area contributed by atoms with Gasteiger partial charge >= 0.3 is 11.9 Å². The molecule has 0 aromatic heterocycles. The summed E-state index contributed by atoms with van der Waals surface area (Å²) in [6.45, 7) is 11.4. The Bertz CT molecular complexity index is 224. The van der Waals surface area contributed by atoms with Crippen molar-refractivity contribution in [3.8, 4) is 0 Å². The van der Waals surface area contributed by atoms with Gasteiger partial charge in [0, 0.05) is 0 Å². The number of methoxy groups -OCH3 is 1. The van der Waals surface area contributed by atoms with Crippen LogP contribution in [-0.4, -0.2) is 24.2 Å². The molecule has 0 aliphatic carbocycles. The van der Waals surface area contributed by atoms with E-state index in [1.54, 1.807) is 0 Å². The smallest absolute Gasteiger partial charge is 0.306 e. The van der Waals surface area contributed by atoms with E-state index in [9.17, 15) is 9.59 Å². The van der Waals surface area contributed by atoms with Crippen molar-refractivity contribution < 1.29 is 19.4 Å². The summed E-state index contributed by atoms with van der Waals surface area (Å²) in [5.41, 5.74) is 0. The first-order valence-corrected chi connectivity index (χ1v) is 6.50. The Labute approximate surface area is 117 Å². The second kappa shape index (κ2) is 21.7. The molecule has 4 heteroatoms. The third kappa shape index (κ3) is 38.5. The van der Waals surface area contributed by atoms with E-state index >= 15 is 0 Å². The van der Waals surface area contributed by atoms with E-state index < -0.39 is 11.9 Å². The Morgan fingerprint density at radius 3 is 1.63 bits per heavy atom. The third-order valence-corrected chi connectivity index (χ3v) is 1.76. The normalized spacial score (nSPS) is 7.95. The summed E-state index contributed by atoms with van der Waals surface area (Å²) >= 11 is 0. The fraction of sp³-hybridized carbons (Fsp3) is 0.600. The number of carboxylic acids is 1. The van der Waals surface area contributed by atoms with Gasteiger partial charge in [0.25, 0.3) is 0 Å². The minimum Gasteiger partial charge on any atom is -0.481 e. The lowest BCUT2D eigenvalue weighted by Gasteiger charge is -1.92. The summed E-state index contributed by atoms with van der Waals surface area (Å²) in [6, 6.07) is 0. The van der Waals surface area contributed by atoms with Gasteiger partial charge in [-0.15, -0.1) is 13.2 Å². The van der Waals surface area contributed by atoms with E-state index in [0.29, 0.717) is 0 Å². The van der Waals surface area contributed by atoms with Gasteiger partial charge in [0.1, 0.15) is 0 Å². The number of allylic oxidation sites excluding steroid dienone is 2. The largest absolute Gasteiger partial charge is 0.481 e. The number of esters is 1. The Hall–Kier alpha value is -1.58. The highest BCUT2D eigenvalue weighted by Gasteiger charge is 2.02. The second-order valence-corrected chi connectivity index (χ2v) is 3.62. The van der Waals surface area contributed by atoms with Crippen LogP contribution in [0, 0.1) is 0 Å². The van der Waals surface area contributed by atoms with Gasteiger partial charge in [0.2, 0.25) is 0 Å². The van der Waals surface area contributed by atoms with Crippen LogP contribution in [0.3, 0.4) is 0 Å². The molecule has 19 heavy (non-hydrogen) atoms. The van der Waals surface area contributed by atoms with Crippen LogP contribution < -0.4 is 0 Å². The van der Waals surface area contributed by atoms with E-state index in [-0.39, 0.29) is 12.8 Å². The molecule has 0 fully saturated rings. The molecule has 0 unspecified atom stereocenters. The molecular formula is C15H28O4. The van der Waals surface area contributed by atoms with Crippen molar-refractivity contribution in [3.05, 3.63) is 25.3 Å². The fourth-order valence-corrected chi connectivity index (χ4v) is 0.719. The van der Waals surface area contributed by atoms with Crippen molar-refractivity contribution in [1.29, 1.82) is 0 Å². The Kier molecular flexibility index (Phi) is 25.8. The lowest BCUT2D eigenvalue weighted by atomic mass is 10.3. The van der Waals surface area contributed by atoms with E-state index in [1.165, 1.54) is 20.0 Å². The van der Waals surface area contributed by atoms with Crippen molar-refractivity contribution in [1.82, 2.24) is 0 Å². The molecule has 0 amide bonds. The number of hydrogen-bond acceptors (Lipinski definition) is 3. The zero-order valence-corrected chi connectivity index (χ0v) is 12.5. The van der Waals surface area contributed by atoms with Crippen LogP contribution in [0.1, 0.15) is 52.4 Å². The molecular weight excluding hydrogens is 244 g/mol. The van der Waals surface area contributed by atoms with Gasteiger partial charge in [-0.3, -0.25) is 9.59 Å². The van der Waals surface area contributed by atoms with E-state index in [1.807, 2.05) is 12.2 Å². The van der Waals surface area contributed by atoms with Crippen LogP contribution in [0.5, 0.6) is 0 Å². The van der Waals surface area contributed by atoms with Crippen LogP contribution in [0.4, 0.5) is 0 Å². The molecule has 0 atom stereocenters. The average Bonchev–Trinajstić information content (AvgIpc) is 2.39. The number of aliphatic carboxylic acids is 1. The Morgan fingerprint density at radius 2 is 1.47 bits per heavy atom. The van der Waals surface area contributed by atoms with Gasteiger partial charge < -0.3 is 9.84 Å². The Morgan fingerprint density at radius 1 is 1.05 bits per heavy atom. The topological polar surface area (TPSA) is 63.6 Å². The molecule has 0 aliphatic rings. The predicted molar refractivity (Wildman–Crippen MR) is 79.1 cm³/mol. The molecule has 0 spiro atoms. The Balaban J connectivity index is -0.000000219. The second-order valence-electron chi connectivity index (χ2n) is 3.62. The summed E-state index contributed by atoms with van der Waals surface area (Å²) < 4.78 is 4.20. The van der Waals surface area contributed by atoms with Gasteiger partial charge in [0.15, 0.2) is 0 Å². The van der Waals surface area contributed by atoms with Crippen LogP contribution >= 0.6 is 0 Å². The van der Waals surface area contributed by atoms with Gasteiger partial charge in [-0.25, -0.2) is 0 Å². The minimum absolute atomic E-state index is 0.0498. The fourth-order valence-electron chi connectivity index (χ4n) is 0.719. The maximum Gasteiger partial charge on any atom is 0.306 e. The average molecular weight is 272 g/mol. The van der Waals surface area contributed by atoms with Crippen LogP contribution in [0.25, 0.3) is 0 Å². The van der Waals surface area contributed by atoms with Crippen molar-refractivity contribution in [2.75, 3.05) is 7.11 Å². The lowest BCUT2D eigenvalue weighted by Crippen LogP contribution is -2.04. The third-order valence-electron chi connectivity index (χ3n) is 1.76.